The number of thiophene rings is 1. The molecule has 1 rings (SSSR count). The summed E-state index contributed by atoms with van der Waals surface area (Å²) in [6.45, 7) is 0. The Kier molecular flexibility index (Phi) is 7.07. The third-order valence-corrected chi connectivity index (χ3v) is 1.77. The van der Waals surface area contributed by atoms with Crippen LogP contribution in [-0.2, 0) is 17.3 Å². The second kappa shape index (κ2) is 6.22. The maximum atomic E-state index is 4.76. The fourth-order valence-corrected chi connectivity index (χ4v) is 1.02. The van der Waals surface area contributed by atoms with E-state index in [9.17, 15) is 0 Å². The molecular weight excluding hydrogens is 261 g/mol. The number of rotatable bonds is 0. The van der Waals surface area contributed by atoms with E-state index in [0.717, 1.165) is 21.1 Å². The molecule has 0 aliphatic heterocycles. The SMILES string of the molecule is Brc1cc[c-]s1.[Cl][Zn+]. The predicted molar refractivity (Wildman–Crippen MR) is 36.7 cm³/mol. The van der Waals surface area contributed by atoms with Gasteiger partial charge in [0.1, 0.15) is 0 Å². The van der Waals surface area contributed by atoms with Gasteiger partial charge in [0.25, 0.3) is 0 Å². The molecule has 1 aromatic heterocycles. The van der Waals surface area contributed by atoms with Crippen LogP contribution in [0.4, 0.5) is 0 Å². The zero-order valence-electron chi connectivity index (χ0n) is 4.03. The van der Waals surface area contributed by atoms with Crippen molar-refractivity contribution in [2.75, 3.05) is 0 Å². The first-order chi connectivity index (χ1) is 3.89. The molecule has 0 aromatic carbocycles. The van der Waals surface area contributed by atoms with Crippen LogP contribution >= 0.6 is 37.0 Å². The second-order valence-corrected chi connectivity index (χ2v) is 3.12. The van der Waals surface area contributed by atoms with E-state index in [1.165, 1.54) is 0 Å². The maximum absolute atomic E-state index is 4.76. The van der Waals surface area contributed by atoms with Crippen LogP contribution in [0.2, 0.25) is 0 Å². The molecule has 0 aliphatic carbocycles. The summed E-state index contributed by atoms with van der Waals surface area (Å²) in [5.41, 5.74) is 0. The summed E-state index contributed by atoms with van der Waals surface area (Å²) in [5.74, 6) is 0. The molecule has 0 amide bonds. The van der Waals surface area contributed by atoms with Crippen molar-refractivity contribution < 1.29 is 17.3 Å². The minimum atomic E-state index is 0.847. The first kappa shape index (κ1) is 9.09. The van der Waals surface area contributed by atoms with Gasteiger partial charge in [-0.1, -0.05) is 3.79 Å². The van der Waals surface area contributed by atoms with Crippen LogP contribution in [0.5, 0.6) is 0 Å². The molecule has 0 radical (unpaired) electrons. The summed E-state index contributed by atoms with van der Waals surface area (Å²) in [6.07, 6.45) is 0. The van der Waals surface area contributed by atoms with Crippen molar-refractivity contribution in [2.24, 2.45) is 0 Å². The molecule has 40 valence electrons. The van der Waals surface area contributed by atoms with E-state index >= 15 is 0 Å². The molecule has 0 saturated heterocycles. The molecule has 0 spiro atoms. The number of hydrogen-bond donors (Lipinski definition) is 0. The van der Waals surface area contributed by atoms with E-state index in [-0.39, 0.29) is 0 Å². The molecule has 1 heterocycles. The molecule has 1 aromatic rings. The first-order valence-electron chi connectivity index (χ1n) is 1.78. The van der Waals surface area contributed by atoms with Crippen LogP contribution in [0, 0.1) is 5.38 Å². The minimum absolute atomic E-state index is 0.847. The van der Waals surface area contributed by atoms with E-state index in [1.54, 1.807) is 11.3 Å². The van der Waals surface area contributed by atoms with Gasteiger partial charge in [-0.3, -0.25) is 11.3 Å². The Morgan fingerprint density at radius 1 is 1.75 bits per heavy atom. The van der Waals surface area contributed by atoms with Crippen molar-refractivity contribution in [1.29, 1.82) is 0 Å². The van der Waals surface area contributed by atoms with Gasteiger partial charge in [0, 0.05) is 0 Å². The van der Waals surface area contributed by atoms with E-state index in [2.05, 4.69) is 21.3 Å². The zero-order chi connectivity index (χ0) is 6.41. The monoisotopic (exact) mass is 260 g/mol. The molecule has 0 aliphatic rings. The Morgan fingerprint density at radius 3 is 2.50 bits per heavy atom. The van der Waals surface area contributed by atoms with E-state index in [0.29, 0.717) is 0 Å². The quantitative estimate of drug-likeness (QED) is 0.498. The van der Waals surface area contributed by atoms with Crippen LogP contribution in [-0.4, -0.2) is 0 Å². The molecule has 4 heteroatoms. The Hall–Kier alpha value is 1.09. The van der Waals surface area contributed by atoms with E-state index in [4.69, 9.17) is 9.69 Å². The van der Waals surface area contributed by atoms with Crippen molar-refractivity contribution in [2.45, 2.75) is 0 Å². The third kappa shape index (κ3) is 4.02. The van der Waals surface area contributed by atoms with Crippen LogP contribution in [0.3, 0.4) is 0 Å². The predicted octanol–water partition coefficient (Wildman–Crippen LogP) is 3.00. The Bertz CT molecular complexity index is 120. The van der Waals surface area contributed by atoms with Crippen molar-refractivity contribution in [3.63, 3.8) is 0 Å². The molecule has 0 nitrogen and oxygen atoms in total. The normalized spacial score (nSPS) is 7.50. The summed E-state index contributed by atoms with van der Waals surface area (Å²) in [4.78, 5) is 0. The topological polar surface area (TPSA) is 0 Å². The molecule has 0 fully saturated rings. The number of hydrogen-bond acceptors (Lipinski definition) is 1. The average Bonchev–Trinajstić information content (AvgIpc) is 2.24. The van der Waals surface area contributed by atoms with Gasteiger partial charge in [-0.05, 0) is 0 Å². The van der Waals surface area contributed by atoms with Crippen molar-refractivity contribution in [3.05, 3.63) is 21.3 Å². The van der Waals surface area contributed by atoms with Crippen LogP contribution in [0.25, 0.3) is 0 Å². The average molecular weight is 263 g/mol. The van der Waals surface area contributed by atoms with E-state index in [1.807, 2.05) is 12.1 Å². The van der Waals surface area contributed by atoms with Crippen LogP contribution in [0.1, 0.15) is 0 Å². The van der Waals surface area contributed by atoms with Crippen LogP contribution < -0.4 is 0 Å². The summed E-state index contributed by atoms with van der Waals surface area (Å²) in [5, 5.41) is 2.92. The van der Waals surface area contributed by atoms with Crippen LogP contribution in [0.15, 0.2) is 15.9 Å². The molecular formula is C4H2BrClSZn. The summed E-state index contributed by atoms with van der Waals surface area (Å²) in [7, 11) is 4.76. The molecule has 0 N–H and O–H groups in total. The molecule has 0 saturated carbocycles. The molecule has 8 heavy (non-hydrogen) atoms. The standard InChI is InChI=1S/C4H2BrS.ClH.Zn/c5-4-2-1-3-6-4;;/h1-2H;1H;/q-1;;+2/p-1. The van der Waals surface area contributed by atoms with Gasteiger partial charge in [0.05, 0.1) is 0 Å². The summed E-state index contributed by atoms with van der Waals surface area (Å²) < 4.78 is 1.14. The van der Waals surface area contributed by atoms with Gasteiger partial charge in [-0.25, -0.2) is 0 Å². The Balaban J connectivity index is 0.000000222. The number of halogens is 2. The fraction of sp³-hybridized carbons (Fsp3) is 0. The molecule has 0 bridgehead atoms. The van der Waals surface area contributed by atoms with Crippen molar-refractivity contribution in [3.8, 4) is 0 Å². The van der Waals surface area contributed by atoms with Crippen molar-refractivity contribution in [1.82, 2.24) is 0 Å². The summed E-state index contributed by atoms with van der Waals surface area (Å²) >= 11 is 5.69. The van der Waals surface area contributed by atoms with E-state index < -0.39 is 0 Å². The second-order valence-electron chi connectivity index (χ2n) is 0.857. The Labute approximate surface area is 75.1 Å². The van der Waals surface area contributed by atoms with Gasteiger partial charge in [0.2, 0.25) is 0 Å². The van der Waals surface area contributed by atoms with Gasteiger partial charge >= 0.3 is 27.0 Å². The zero-order valence-corrected chi connectivity index (χ0v) is 10.2. The van der Waals surface area contributed by atoms with Gasteiger partial charge in [-0.2, -0.15) is 12.1 Å². The van der Waals surface area contributed by atoms with Gasteiger partial charge in [-0.15, -0.1) is 21.3 Å². The molecule has 0 unspecified atom stereocenters. The van der Waals surface area contributed by atoms with Gasteiger partial charge < -0.3 is 0 Å². The molecule has 0 atom stereocenters. The fourth-order valence-electron chi connectivity index (χ4n) is 0.224. The first-order valence-corrected chi connectivity index (χ1v) is 7.28. The van der Waals surface area contributed by atoms with Gasteiger partial charge in [0.15, 0.2) is 0 Å². The summed E-state index contributed by atoms with van der Waals surface area (Å²) in [6, 6.07) is 3.85. The Morgan fingerprint density at radius 2 is 2.38 bits per heavy atom. The third-order valence-electron chi connectivity index (χ3n) is 0.439. The van der Waals surface area contributed by atoms with Crippen molar-refractivity contribution >= 4 is 37.0 Å².